The first kappa shape index (κ1) is 21.7. The van der Waals surface area contributed by atoms with Crippen molar-refractivity contribution < 1.29 is 14.6 Å². The molecule has 0 atom stereocenters. The molecule has 0 aliphatic carbocycles. The first-order valence-corrected chi connectivity index (χ1v) is 12.1. The van der Waals surface area contributed by atoms with E-state index in [1.54, 1.807) is 6.20 Å². The van der Waals surface area contributed by atoms with Gasteiger partial charge in [-0.05, 0) is 72.8 Å². The third-order valence-electron chi connectivity index (χ3n) is 6.43. The van der Waals surface area contributed by atoms with Crippen LogP contribution in [0.15, 0.2) is 82.8 Å². The van der Waals surface area contributed by atoms with Crippen LogP contribution >= 0.6 is 11.8 Å². The SMILES string of the molecule is O=C(O)C1(c2cccc(Sc3ccc4c(ccc5nnc(-c6ccccn6)n54)c3)n2)CCOCC1. The van der Waals surface area contributed by atoms with Gasteiger partial charge >= 0.3 is 5.97 Å². The Morgan fingerprint density at radius 1 is 1.00 bits per heavy atom. The van der Waals surface area contributed by atoms with Crippen LogP contribution in [0.2, 0.25) is 0 Å². The lowest BCUT2D eigenvalue weighted by molar-refractivity contribution is -0.148. The average Bonchev–Trinajstić information content (AvgIpc) is 3.34. The monoisotopic (exact) mass is 483 g/mol. The Balaban J connectivity index is 1.36. The summed E-state index contributed by atoms with van der Waals surface area (Å²) in [6.45, 7) is 0.849. The van der Waals surface area contributed by atoms with E-state index in [4.69, 9.17) is 9.72 Å². The molecule has 0 bridgehead atoms. The zero-order valence-corrected chi connectivity index (χ0v) is 19.5. The summed E-state index contributed by atoms with van der Waals surface area (Å²) in [6, 6.07) is 21.5. The normalized spacial score (nSPS) is 15.4. The van der Waals surface area contributed by atoms with Crippen LogP contribution in [-0.2, 0) is 14.9 Å². The van der Waals surface area contributed by atoms with Crippen LogP contribution in [-0.4, -0.2) is 48.9 Å². The highest BCUT2D eigenvalue weighted by molar-refractivity contribution is 7.99. The highest BCUT2D eigenvalue weighted by Crippen LogP contribution is 2.36. The summed E-state index contributed by atoms with van der Waals surface area (Å²) in [6.07, 6.45) is 2.59. The molecule has 0 amide bonds. The number of hydrogen-bond donors (Lipinski definition) is 1. The second kappa shape index (κ2) is 8.75. The lowest BCUT2D eigenvalue weighted by Gasteiger charge is -2.32. The Labute approximate surface area is 205 Å². The third kappa shape index (κ3) is 3.82. The fraction of sp³-hybridized carbons (Fsp3) is 0.192. The molecule has 6 rings (SSSR count). The van der Waals surface area contributed by atoms with Gasteiger partial charge in [-0.15, -0.1) is 10.2 Å². The van der Waals surface area contributed by atoms with Gasteiger partial charge in [-0.1, -0.05) is 23.9 Å². The van der Waals surface area contributed by atoms with E-state index >= 15 is 0 Å². The number of nitrogens with zero attached hydrogens (tertiary/aromatic N) is 5. The second-order valence-corrected chi connectivity index (χ2v) is 9.54. The van der Waals surface area contributed by atoms with Gasteiger partial charge in [0.05, 0.1) is 11.2 Å². The van der Waals surface area contributed by atoms with Crippen LogP contribution in [0.25, 0.3) is 28.1 Å². The number of aliphatic carboxylic acids is 1. The maximum atomic E-state index is 12.2. The Morgan fingerprint density at radius 3 is 2.69 bits per heavy atom. The Morgan fingerprint density at radius 2 is 1.89 bits per heavy atom. The summed E-state index contributed by atoms with van der Waals surface area (Å²) in [7, 11) is 0. The van der Waals surface area contributed by atoms with Crippen molar-refractivity contribution in [3.05, 3.63) is 78.6 Å². The van der Waals surface area contributed by atoms with E-state index < -0.39 is 11.4 Å². The van der Waals surface area contributed by atoms with Crippen LogP contribution in [0.3, 0.4) is 0 Å². The fourth-order valence-electron chi connectivity index (χ4n) is 4.56. The molecule has 0 saturated carbocycles. The summed E-state index contributed by atoms with van der Waals surface area (Å²) >= 11 is 1.51. The van der Waals surface area contributed by atoms with Crippen molar-refractivity contribution >= 4 is 34.3 Å². The minimum Gasteiger partial charge on any atom is -0.481 e. The van der Waals surface area contributed by atoms with Gasteiger partial charge in [0.25, 0.3) is 0 Å². The molecule has 1 aliphatic heterocycles. The number of carboxylic acids is 1. The smallest absolute Gasteiger partial charge is 0.315 e. The van der Waals surface area contributed by atoms with Gasteiger partial charge in [0, 0.05) is 24.3 Å². The van der Waals surface area contributed by atoms with Gasteiger partial charge in [0.2, 0.25) is 0 Å². The molecular formula is C26H21N5O3S. The van der Waals surface area contributed by atoms with Crippen LogP contribution in [0.1, 0.15) is 18.5 Å². The molecule has 1 aromatic carbocycles. The first-order valence-electron chi connectivity index (χ1n) is 11.3. The minimum atomic E-state index is -1.000. The number of fused-ring (bicyclic) bond motifs is 3. The lowest BCUT2D eigenvalue weighted by Crippen LogP contribution is -2.42. The van der Waals surface area contributed by atoms with E-state index in [9.17, 15) is 9.90 Å². The molecule has 0 radical (unpaired) electrons. The molecule has 8 nitrogen and oxygen atoms in total. The molecule has 174 valence electrons. The Bertz CT molecular complexity index is 1550. The summed E-state index contributed by atoms with van der Waals surface area (Å²) < 4.78 is 7.42. The number of hydrogen-bond acceptors (Lipinski definition) is 7. The lowest BCUT2D eigenvalue weighted by atomic mass is 9.77. The van der Waals surface area contributed by atoms with Gasteiger partial charge in [0.1, 0.15) is 16.1 Å². The standard InChI is InChI=1S/C26H21N5O3S/c32-25(33)26(11-14-34-15-12-26)21-5-3-6-23(28-21)35-18-8-9-20-17(16-18)7-10-22-29-30-24(31(20)22)19-4-1-2-13-27-19/h1-10,13,16H,11-12,14-15H2,(H,32,33). The van der Waals surface area contributed by atoms with Crippen LogP contribution in [0.4, 0.5) is 0 Å². The van der Waals surface area contributed by atoms with Gasteiger partial charge in [-0.25, -0.2) is 4.98 Å². The third-order valence-corrected chi connectivity index (χ3v) is 7.35. The highest BCUT2D eigenvalue weighted by Gasteiger charge is 2.43. The zero-order valence-electron chi connectivity index (χ0n) is 18.7. The number of ether oxygens (including phenoxy) is 1. The first-order chi connectivity index (χ1) is 17.1. The molecule has 5 aromatic rings. The van der Waals surface area contributed by atoms with E-state index in [0.717, 1.165) is 32.2 Å². The Hall–Kier alpha value is -3.82. The van der Waals surface area contributed by atoms with Crippen molar-refractivity contribution in [2.45, 2.75) is 28.2 Å². The number of rotatable bonds is 5. The molecule has 0 unspecified atom stereocenters. The summed E-state index contributed by atoms with van der Waals surface area (Å²) in [4.78, 5) is 22.4. The van der Waals surface area contributed by atoms with Gasteiger partial charge in [-0.2, -0.15) is 0 Å². The van der Waals surface area contributed by atoms with E-state index in [1.807, 2.05) is 65.1 Å². The van der Waals surface area contributed by atoms with Crippen LogP contribution in [0, 0.1) is 0 Å². The van der Waals surface area contributed by atoms with E-state index in [-0.39, 0.29) is 0 Å². The topological polar surface area (TPSA) is 102 Å². The number of aromatic nitrogens is 5. The summed E-state index contributed by atoms with van der Waals surface area (Å²) in [5.41, 5.74) is 2.08. The molecule has 1 fully saturated rings. The van der Waals surface area contributed by atoms with E-state index in [1.165, 1.54) is 11.8 Å². The molecule has 1 saturated heterocycles. The quantitative estimate of drug-likeness (QED) is 0.386. The molecule has 1 N–H and O–H groups in total. The van der Waals surface area contributed by atoms with Crippen LogP contribution < -0.4 is 0 Å². The summed E-state index contributed by atoms with van der Waals surface area (Å²) in [5, 5.41) is 20.5. The van der Waals surface area contributed by atoms with Crippen LogP contribution in [0.5, 0.6) is 0 Å². The molecule has 0 spiro atoms. The van der Waals surface area contributed by atoms with Gasteiger partial charge < -0.3 is 9.84 Å². The minimum absolute atomic E-state index is 0.424. The van der Waals surface area contributed by atoms with Crippen molar-refractivity contribution in [3.8, 4) is 11.5 Å². The van der Waals surface area contributed by atoms with Crippen molar-refractivity contribution in [3.63, 3.8) is 0 Å². The number of pyridine rings is 3. The molecular weight excluding hydrogens is 462 g/mol. The average molecular weight is 484 g/mol. The molecule has 1 aliphatic rings. The predicted molar refractivity (Wildman–Crippen MR) is 131 cm³/mol. The van der Waals surface area contributed by atoms with Gasteiger partial charge in [-0.3, -0.25) is 14.2 Å². The molecule has 9 heteroatoms. The van der Waals surface area contributed by atoms with E-state index in [0.29, 0.717) is 37.6 Å². The largest absolute Gasteiger partial charge is 0.481 e. The molecule has 4 aromatic heterocycles. The van der Waals surface area contributed by atoms with Crippen molar-refractivity contribution in [2.24, 2.45) is 0 Å². The number of benzene rings is 1. The van der Waals surface area contributed by atoms with Crippen molar-refractivity contribution in [1.29, 1.82) is 0 Å². The second-order valence-electron chi connectivity index (χ2n) is 8.45. The van der Waals surface area contributed by atoms with E-state index in [2.05, 4.69) is 21.2 Å². The highest BCUT2D eigenvalue weighted by atomic mass is 32.2. The van der Waals surface area contributed by atoms with Crippen molar-refractivity contribution in [2.75, 3.05) is 13.2 Å². The molecule has 35 heavy (non-hydrogen) atoms. The number of carboxylic acid groups (broad SMARTS) is 1. The maximum Gasteiger partial charge on any atom is 0.315 e. The summed E-state index contributed by atoms with van der Waals surface area (Å²) in [5.74, 6) is -0.153. The maximum absolute atomic E-state index is 12.2. The van der Waals surface area contributed by atoms with Gasteiger partial charge in [0.15, 0.2) is 11.5 Å². The Kier molecular flexibility index (Phi) is 5.43. The van der Waals surface area contributed by atoms with Crippen molar-refractivity contribution in [1.82, 2.24) is 24.6 Å². The fourth-order valence-corrected chi connectivity index (χ4v) is 5.41. The molecule has 5 heterocycles. The number of carbonyl (C=O) groups is 1. The predicted octanol–water partition coefficient (Wildman–Crippen LogP) is 4.62. The zero-order chi connectivity index (χ0) is 23.8.